The van der Waals surface area contributed by atoms with Crippen molar-refractivity contribution in [1.82, 2.24) is 4.90 Å². The molecule has 23 heavy (non-hydrogen) atoms. The number of fused-ring (bicyclic) bond motifs is 3. The summed E-state index contributed by atoms with van der Waals surface area (Å²) >= 11 is 0. The Balaban J connectivity index is 1.69. The number of hydrogen-bond donors (Lipinski definition) is 0. The lowest BCUT2D eigenvalue weighted by molar-refractivity contribution is -0.132. The van der Waals surface area contributed by atoms with E-state index in [2.05, 4.69) is 25.1 Å². The number of amides is 1. The molecule has 0 radical (unpaired) electrons. The lowest BCUT2D eigenvalue weighted by Crippen LogP contribution is -2.39. The van der Waals surface area contributed by atoms with Crippen molar-refractivity contribution < 1.29 is 9.21 Å². The van der Waals surface area contributed by atoms with E-state index in [1.165, 1.54) is 11.8 Å². The van der Waals surface area contributed by atoms with Gasteiger partial charge >= 0.3 is 0 Å². The van der Waals surface area contributed by atoms with Crippen LogP contribution in [-0.2, 0) is 11.2 Å². The number of furan rings is 1. The van der Waals surface area contributed by atoms with Crippen molar-refractivity contribution in [2.75, 3.05) is 13.1 Å². The van der Waals surface area contributed by atoms with E-state index in [0.29, 0.717) is 12.3 Å². The second-order valence-corrected chi connectivity index (χ2v) is 6.68. The third-order valence-corrected chi connectivity index (χ3v) is 4.89. The van der Waals surface area contributed by atoms with Crippen molar-refractivity contribution in [1.29, 1.82) is 0 Å². The van der Waals surface area contributed by atoms with E-state index in [0.717, 1.165) is 41.4 Å². The maximum Gasteiger partial charge on any atom is 0.227 e. The van der Waals surface area contributed by atoms with Crippen LogP contribution in [0.5, 0.6) is 0 Å². The monoisotopic (exact) mass is 307 g/mol. The topological polar surface area (TPSA) is 33.5 Å². The minimum atomic E-state index is 0.215. The number of carbonyl (C=O) groups excluding carboxylic acids is 1. The summed E-state index contributed by atoms with van der Waals surface area (Å²) in [4.78, 5) is 14.7. The van der Waals surface area contributed by atoms with Gasteiger partial charge in [-0.2, -0.15) is 0 Å². The molecule has 0 spiro atoms. The number of piperidine rings is 1. The van der Waals surface area contributed by atoms with Gasteiger partial charge in [0.2, 0.25) is 5.91 Å². The number of likely N-dealkylation sites (tertiary alicyclic amines) is 1. The van der Waals surface area contributed by atoms with Crippen molar-refractivity contribution in [2.24, 2.45) is 5.92 Å². The summed E-state index contributed by atoms with van der Waals surface area (Å²) in [6.07, 6.45) is 4.52. The predicted octanol–water partition coefficient (Wildman–Crippen LogP) is 4.39. The Bertz CT molecular complexity index is 864. The molecule has 2 heterocycles. The zero-order valence-electron chi connectivity index (χ0n) is 13.4. The molecule has 0 N–H and O–H groups in total. The molecule has 2 aromatic carbocycles. The Morgan fingerprint density at radius 2 is 2.13 bits per heavy atom. The molecule has 1 saturated heterocycles. The zero-order chi connectivity index (χ0) is 15.8. The van der Waals surface area contributed by atoms with Crippen molar-refractivity contribution in [3.05, 3.63) is 48.2 Å². The number of carbonyl (C=O) groups is 1. The first-order chi connectivity index (χ1) is 11.2. The normalized spacial score (nSPS) is 18.7. The highest BCUT2D eigenvalue weighted by molar-refractivity contribution is 6.08. The Morgan fingerprint density at radius 1 is 1.26 bits per heavy atom. The maximum atomic E-state index is 12.7. The fourth-order valence-corrected chi connectivity index (χ4v) is 3.70. The van der Waals surface area contributed by atoms with Gasteiger partial charge in [0.15, 0.2) is 0 Å². The van der Waals surface area contributed by atoms with Gasteiger partial charge in [-0.15, -0.1) is 0 Å². The Kier molecular flexibility index (Phi) is 3.56. The molecular weight excluding hydrogens is 286 g/mol. The summed E-state index contributed by atoms with van der Waals surface area (Å²) in [6, 6.07) is 12.3. The van der Waals surface area contributed by atoms with Gasteiger partial charge in [0, 0.05) is 24.0 Å². The lowest BCUT2D eigenvalue weighted by Gasteiger charge is -2.31. The van der Waals surface area contributed by atoms with Crippen LogP contribution in [0.4, 0.5) is 0 Å². The molecule has 1 atom stereocenters. The summed E-state index contributed by atoms with van der Waals surface area (Å²) in [5, 5.41) is 3.43. The highest BCUT2D eigenvalue weighted by Crippen LogP contribution is 2.30. The van der Waals surface area contributed by atoms with Gasteiger partial charge in [0.1, 0.15) is 5.58 Å². The summed E-state index contributed by atoms with van der Waals surface area (Å²) in [6.45, 7) is 4.00. The van der Waals surface area contributed by atoms with Gasteiger partial charge in [0.25, 0.3) is 0 Å². The third-order valence-electron chi connectivity index (χ3n) is 4.89. The minimum Gasteiger partial charge on any atom is -0.464 e. The molecule has 3 heteroatoms. The highest BCUT2D eigenvalue weighted by Gasteiger charge is 2.22. The molecule has 1 fully saturated rings. The molecule has 0 unspecified atom stereocenters. The predicted molar refractivity (Wildman–Crippen MR) is 92.4 cm³/mol. The molecular formula is C20H21NO2. The third kappa shape index (κ3) is 2.61. The molecule has 1 aliphatic rings. The second-order valence-electron chi connectivity index (χ2n) is 6.68. The zero-order valence-corrected chi connectivity index (χ0v) is 13.4. The average molecular weight is 307 g/mol. The summed E-state index contributed by atoms with van der Waals surface area (Å²) in [7, 11) is 0. The van der Waals surface area contributed by atoms with Crippen LogP contribution < -0.4 is 0 Å². The molecule has 3 aromatic rings. The van der Waals surface area contributed by atoms with Crippen LogP contribution >= 0.6 is 0 Å². The standard InChI is InChI=1S/C20H21NO2/c1-14-5-4-10-21(12-14)19(22)11-16-13-23-18-9-8-15-6-2-3-7-17(15)20(16)18/h2-3,6-9,13-14H,4-5,10-12H2,1H3/t14-/m0/s1. The SMILES string of the molecule is C[C@H]1CCCN(C(=O)Cc2coc3ccc4ccccc4c23)C1. The first-order valence-electron chi connectivity index (χ1n) is 8.38. The summed E-state index contributed by atoms with van der Waals surface area (Å²) in [5.41, 5.74) is 1.86. The van der Waals surface area contributed by atoms with Crippen LogP contribution in [0.1, 0.15) is 25.3 Å². The van der Waals surface area contributed by atoms with Crippen molar-refractivity contribution >= 4 is 27.6 Å². The average Bonchev–Trinajstić information content (AvgIpc) is 2.98. The molecule has 3 nitrogen and oxygen atoms in total. The molecule has 0 saturated carbocycles. The van der Waals surface area contributed by atoms with E-state index < -0.39 is 0 Å². The van der Waals surface area contributed by atoms with Gasteiger partial charge < -0.3 is 9.32 Å². The van der Waals surface area contributed by atoms with Crippen molar-refractivity contribution in [3.63, 3.8) is 0 Å². The number of hydrogen-bond acceptors (Lipinski definition) is 2. The molecule has 1 amide bonds. The van der Waals surface area contributed by atoms with Gasteiger partial charge in [-0.25, -0.2) is 0 Å². The smallest absolute Gasteiger partial charge is 0.227 e. The Labute approximate surface area is 135 Å². The molecule has 0 bridgehead atoms. The van der Waals surface area contributed by atoms with Crippen LogP contribution in [0, 0.1) is 5.92 Å². The van der Waals surface area contributed by atoms with E-state index in [1.807, 2.05) is 23.1 Å². The van der Waals surface area contributed by atoms with Gasteiger partial charge in [-0.1, -0.05) is 37.3 Å². The number of benzene rings is 2. The van der Waals surface area contributed by atoms with Crippen LogP contribution in [0.15, 0.2) is 47.1 Å². The van der Waals surface area contributed by atoms with Gasteiger partial charge in [0.05, 0.1) is 12.7 Å². The summed E-state index contributed by atoms with van der Waals surface area (Å²) in [5.74, 6) is 0.821. The van der Waals surface area contributed by atoms with Crippen molar-refractivity contribution in [2.45, 2.75) is 26.2 Å². The summed E-state index contributed by atoms with van der Waals surface area (Å²) < 4.78 is 5.70. The molecule has 118 valence electrons. The first-order valence-corrected chi connectivity index (χ1v) is 8.38. The van der Waals surface area contributed by atoms with E-state index in [4.69, 9.17) is 4.42 Å². The second kappa shape index (κ2) is 5.73. The van der Waals surface area contributed by atoms with E-state index in [-0.39, 0.29) is 5.91 Å². The highest BCUT2D eigenvalue weighted by atomic mass is 16.3. The van der Waals surface area contributed by atoms with Crippen LogP contribution in [0.2, 0.25) is 0 Å². The van der Waals surface area contributed by atoms with E-state index in [9.17, 15) is 4.79 Å². The molecule has 0 aliphatic carbocycles. The quantitative estimate of drug-likeness (QED) is 0.703. The van der Waals surface area contributed by atoms with Crippen LogP contribution in [0.25, 0.3) is 21.7 Å². The fraction of sp³-hybridized carbons (Fsp3) is 0.350. The van der Waals surface area contributed by atoms with Gasteiger partial charge in [-0.3, -0.25) is 4.79 Å². The number of nitrogens with zero attached hydrogens (tertiary/aromatic N) is 1. The lowest BCUT2D eigenvalue weighted by atomic mass is 9.98. The van der Waals surface area contributed by atoms with Crippen LogP contribution in [-0.4, -0.2) is 23.9 Å². The van der Waals surface area contributed by atoms with Gasteiger partial charge in [-0.05, 0) is 35.6 Å². The largest absolute Gasteiger partial charge is 0.464 e. The molecule has 1 aliphatic heterocycles. The maximum absolute atomic E-state index is 12.7. The molecule has 4 rings (SSSR count). The van der Waals surface area contributed by atoms with E-state index in [1.54, 1.807) is 6.26 Å². The Hall–Kier alpha value is -2.29. The van der Waals surface area contributed by atoms with Crippen LogP contribution in [0.3, 0.4) is 0 Å². The fourth-order valence-electron chi connectivity index (χ4n) is 3.70. The van der Waals surface area contributed by atoms with E-state index >= 15 is 0 Å². The van der Waals surface area contributed by atoms with Crippen molar-refractivity contribution in [3.8, 4) is 0 Å². The molecule has 1 aromatic heterocycles. The minimum absolute atomic E-state index is 0.215. The number of rotatable bonds is 2. The Morgan fingerprint density at radius 3 is 3.00 bits per heavy atom. The first kappa shape index (κ1) is 14.3.